The van der Waals surface area contributed by atoms with E-state index in [2.05, 4.69) is 72.8 Å². The minimum absolute atomic E-state index is 0.0960. The monoisotopic (exact) mass is 1280 g/mol. The second-order valence-electron chi connectivity index (χ2n) is 25.3. The molecule has 0 aliphatic heterocycles. The van der Waals surface area contributed by atoms with Crippen LogP contribution in [0.2, 0.25) is 0 Å². The Labute approximate surface area is 529 Å². The first-order chi connectivity index (χ1) is 41.7. The van der Waals surface area contributed by atoms with Gasteiger partial charge in [-0.3, -0.25) is 37.3 Å². The molecular weight excluding hydrogens is 1150 g/mol. The molecular formula is C68H128O17P2. The number of allylic oxidation sites excluding steroid dienone is 4. The molecule has 17 nitrogen and oxygen atoms in total. The second-order valence-corrected chi connectivity index (χ2v) is 28.2. The quantitative estimate of drug-likeness (QED) is 0.0169. The zero-order valence-electron chi connectivity index (χ0n) is 56.0. The third-order valence-corrected chi connectivity index (χ3v) is 16.9. The maximum atomic E-state index is 13.0. The molecule has 0 spiro atoms. The highest BCUT2D eigenvalue weighted by Gasteiger charge is 2.30. The van der Waals surface area contributed by atoms with Gasteiger partial charge in [0.15, 0.2) is 12.2 Å². The summed E-state index contributed by atoms with van der Waals surface area (Å²) < 4.78 is 68.1. The molecule has 0 heterocycles. The fraction of sp³-hybridized carbons (Fsp3) is 0.882. The van der Waals surface area contributed by atoms with E-state index in [9.17, 15) is 43.2 Å². The largest absolute Gasteiger partial charge is 0.472 e. The number of unbranched alkanes of at least 4 members (excludes halogenated alkanes) is 29. The maximum absolute atomic E-state index is 13.0. The lowest BCUT2D eigenvalue weighted by Gasteiger charge is -2.21. The lowest BCUT2D eigenvalue weighted by molar-refractivity contribution is -0.161. The summed E-state index contributed by atoms with van der Waals surface area (Å²) in [4.78, 5) is 72.4. The Hall–Kier alpha value is -2.46. The highest BCUT2D eigenvalue weighted by molar-refractivity contribution is 7.47. The number of hydrogen-bond donors (Lipinski definition) is 3. The lowest BCUT2D eigenvalue weighted by Crippen LogP contribution is -2.30. The van der Waals surface area contributed by atoms with Gasteiger partial charge in [-0.1, -0.05) is 259 Å². The van der Waals surface area contributed by atoms with E-state index >= 15 is 0 Å². The number of rotatable bonds is 64. The Morgan fingerprint density at radius 2 is 0.621 bits per heavy atom. The predicted octanol–water partition coefficient (Wildman–Crippen LogP) is 18.6. The average molecular weight is 1280 g/mol. The smallest absolute Gasteiger partial charge is 0.462 e. The van der Waals surface area contributed by atoms with Gasteiger partial charge in [0.2, 0.25) is 0 Å². The van der Waals surface area contributed by atoms with Crippen LogP contribution in [0.3, 0.4) is 0 Å². The summed E-state index contributed by atoms with van der Waals surface area (Å²) in [5, 5.41) is 10.6. The highest BCUT2D eigenvalue weighted by Crippen LogP contribution is 2.45. The second kappa shape index (κ2) is 58.6. The molecule has 3 unspecified atom stereocenters. The van der Waals surface area contributed by atoms with Crippen molar-refractivity contribution >= 4 is 39.5 Å². The van der Waals surface area contributed by atoms with Gasteiger partial charge in [0.05, 0.1) is 26.4 Å². The van der Waals surface area contributed by atoms with Crippen LogP contribution in [0.15, 0.2) is 24.3 Å². The molecule has 0 saturated carbocycles. The van der Waals surface area contributed by atoms with E-state index < -0.39 is 97.5 Å². The molecule has 0 rings (SSSR count). The molecule has 0 aliphatic carbocycles. The lowest BCUT2D eigenvalue weighted by atomic mass is 10.0. The fourth-order valence-electron chi connectivity index (χ4n) is 9.65. The molecule has 0 aromatic rings. The number of aliphatic hydroxyl groups is 1. The Morgan fingerprint density at radius 1 is 0.356 bits per heavy atom. The Balaban J connectivity index is 5.27. The zero-order valence-corrected chi connectivity index (χ0v) is 57.7. The Bertz CT molecular complexity index is 1810. The number of carbonyl (C=O) groups excluding carboxylic acids is 4. The van der Waals surface area contributed by atoms with Gasteiger partial charge in [-0.2, -0.15) is 0 Å². The molecule has 0 aromatic heterocycles. The summed E-state index contributed by atoms with van der Waals surface area (Å²) in [6, 6.07) is 0. The van der Waals surface area contributed by atoms with Gasteiger partial charge in [-0.25, -0.2) is 9.13 Å². The summed E-state index contributed by atoms with van der Waals surface area (Å²) in [7, 11) is -9.91. The molecule has 0 amide bonds. The highest BCUT2D eigenvalue weighted by atomic mass is 31.2. The van der Waals surface area contributed by atoms with E-state index in [1.165, 1.54) is 103 Å². The van der Waals surface area contributed by atoms with Crippen LogP contribution in [0.4, 0.5) is 0 Å². The number of phosphoric ester groups is 2. The molecule has 0 bridgehead atoms. The van der Waals surface area contributed by atoms with E-state index in [0.717, 1.165) is 115 Å². The summed E-state index contributed by atoms with van der Waals surface area (Å²) >= 11 is 0. The van der Waals surface area contributed by atoms with Crippen molar-refractivity contribution in [2.24, 2.45) is 17.8 Å². The zero-order chi connectivity index (χ0) is 64.5. The molecule has 0 fully saturated rings. The van der Waals surface area contributed by atoms with Crippen molar-refractivity contribution in [1.29, 1.82) is 0 Å². The first-order valence-electron chi connectivity index (χ1n) is 34.7. The minimum Gasteiger partial charge on any atom is -0.462 e. The van der Waals surface area contributed by atoms with Crippen molar-refractivity contribution in [1.82, 2.24) is 0 Å². The van der Waals surface area contributed by atoms with Gasteiger partial charge in [0, 0.05) is 25.7 Å². The molecule has 3 N–H and O–H groups in total. The van der Waals surface area contributed by atoms with Crippen LogP contribution in [0, 0.1) is 17.8 Å². The molecule has 0 radical (unpaired) electrons. The van der Waals surface area contributed by atoms with Gasteiger partial charge in [0.25, 0.3) is 0 Å². The molecule has 0 saturated heterocycles. The molecule has 0 aliphatic rings. The third-order valence-electron chi connectivity index (χ3n) is 15.0. The van der Waals surface area contributed by atoms with Crippen LogP contribution in [0.1, 0.15) is 312 Å². The molecule has 5 atom stereocenters. The summed E-state index contributed by atoms with van der Waals surface area (Å²) in [6.07, 6.45) is 44.1. The summed E-state index contributed by atoms with van der Waals surface area (Å²) in [5.74, 6) is -0.0308. The molecule has 0 aromatic carbocycles. The number of phosphoric acid groups is 2. The maximum Gasteiger partial charge on any atom is 0.472 e. The van der Waals surface area contributed by atoms with Gasteiger partial charge in [-0.15, -0.1) is 0 Å². The third kappa shape index (κ3) is 62.1. The van der Waals surface area contributed by atoms with Crippen molar-refractivity contribution in [3.63, 3.8) is 0 Å². The standard InChI is InChI=1S/C68H128O17P2/c1-8-9-10-11-12-13-14-15-16-17-18-19-28-35-42-49-65(70)78-56-64(85-68(73)52-45-38-31-24-27-34-41-48-61(6)7)58-83-87(76,77)81-54-62(69)53-80-86(74,75)82-57-63(84-67(72)51-44-37-30-23-21-26-33-40-47-60(4)5)55-79-66(71)50-43-36-29-22-20-25-32-39-46-59(2)3/h13-16,59-64,69H,8-12,17-58H2,1-7H3,(H,74,75)(H,76,77)/b14-13-,16-15-/t62?,63-,64-/m1/s1. The van der Waals surface area contributed by atoms with Crippen LogP contribution in [0.5, 0.6) is 0 Å². The van der Waals surface area contributed by atoms with E-state index in [-0.39, 0.29) is 25.7 Å². The molecule has 87 heavy (non-hydrogen) atoms. The van der Waals surface area contributed by atoms with Crippen molar-refractivity contribution in [3.05, 3.63) is 24.3 Å². The van der Waals surface area contributed by atoms with Crippen molar-refractivity contribution < 1.29 is 80.2 Å². The van der Waals surface area contributed by atoms with Gasteiger partial charge >= 0.3 is 39.5 Å². The van der Waals surface area contributed by atoms with Crippen molar-refractivity contribution in [2.45, 2.75) is 330 Å². The summed E-state index contributed by atoms with van der Waals surface area (Å²) in [5.41, 5.74) is 0. The van der Waals surface area contributed by atoms with Crippen molar-refractivity contribution in [3.8, 4) is 0 Å². The number of aliphatic hydroxyl groups excluding tert-OH is 1. The summed E-state index contributed by atoms with van der Waals surface area (Å²) in [6.45, 7) is 11.6. The van der Waals surface area contributed by atoms with Crippen LogP contribution in [0.25, 0.3) is 0 Å². The van der Waals surface area contributed by atoms with Gasteiger partial charge in [0.1, 0.15) is 19.3 Å². The van der Waals surface area contributed by atoms with E-state index in [1.54, 1.807) is 0 Å². The molecule has 19 heteroatoms. The Morgan fingerprint density at radius 3 is 0.931 bits per heavy atom. The molecule has 512 valence electrons. The first kappa shape index (κ1) is 84.5. The van der Waals surface area contributed by atoms with Gasteiger partial charge < -0.3 is 33.8 Å². The number of hydrogen-bond acceptors (Lipinski definition) is 15. The number of carbonyl (C=O) groups is 4. The fourth-order valence-corrected chi connectivity index (χ4v) is 11.2. The van der Waals surface area contributed by atoms with Crippen molar-refractivity contribution in [2.75, 3.05) is 39.6 Å². The SMILES string of the molecule is CCCCCC/C=C\C=C/CCCCCCCC(=O)OC[C@H](COP(=O)(O)OCC(O)COP(=O)(O)OC[C@@H](COC(=O)CCCCCCCCCCC(C)C)OC(=O)CCCCCCCCCCC(C)C)OC(=O)CCCCCCCCCC(C)C. The average Bonchev–Trinajstić information content (AvgIpc) is 3.67. The number of ether oxygens (including phenoxy) is 4. The van der Waals surface area contributed by atoms with E-state index in [4.69, 9.17) is 37.0 Å². The predicted molar refractivity (Wildman–Crippen MR) is 349 cm³/mol. The Kier molecular flexibility index (Phi) is 57.0. The van der Waals surface area contributed by atoms with Crippen LogP contribution in [-0.4, -0.2) is 96.7 Å². The number of esters is 4. The minimum atomic E-state index is -4.96. The topological polar surface area (TPSA) is 237 Å². The normalized spacial score (nSPS) is 14.4. The van der Waals surface area contributed by atoms with E-state index in [0.29, 0.717) is 37.5 Å². The van der Waals surface area contributed by atoms with Crippen LogP contribution >= 0.6 is 15.6 Å². The van der Waals surface area contributed by atoms with Crippen LogP contribution in [-0.2, 0) is 65.4 Å². The van der Waals surface area contributed by atoms with E-state index in [1.807, 2.05) is 0 Å². The van der Waals surface area contributed by atoms with Crippen LogP contribution < -0.4 is 0 Å². The first-order valence-corrected chi connectivity index (χ1v) is 37.7. The van der Waals surface area contributed by atoms with Gasteiger partial charge in [-0.05, 0) is 69.1 Å².